The van der Waals surface area contributed by atoms with Gasteiger partial charge in [0, 0.05) is 0 Å². The molecular formula is C10H18. The normalized spacial score (nSPS) is 13.8. The summed E-state index contributed by atoms with van der Waals surface area (Å²) < 4.78 is 0. The first-order valence-electron chi connectivity index (χ1n) is 4.05. The number of allylic oxidation sites excluding steroid dienone is 3. The van der Waals surface area contributed by atoms with Crippen LogP contribution >= 0.6 is 0 Å². The smallest absolute Gasteiger partial charge is 0.0262 e. The maximum Gasteiger partial charge on any atom is -0.0262 e. The standard InChI is InChI=1S/C10H18/c1-4-6-7-9-10(3)8-5-2/h4-5,8,10H,1,6-7,9H2,2-3H3/b8-5-. The largest absolute Gasteiger partial charge is 0.103 e. The summed E-state index contributed by atoms with van der Waals surface area (Å²) >= 11 is 0. The van der Waals surface area contributed by atoms with Gasteiger partial charge in [-0.1, -0.05) is 25.2 Å². The van der Waals surface area contributed by atoms with Crippen molar-refractivity contribution in [3.05, 3.63) is 24.8 Å². The molecule has 0 N–H and O–H groups in total. The van der Waals surface area contributed by atoms with Crippen molar-refractivity contribution in [2.24, 2.45) is 5.92 Å². The molecule has 0 saturated carbocycles. The minimum Gasteiger partial charge on any atom is -0.103 e. The molecule has 0 bridgehead atoms. The van der Waals surface area contributed by atoms with E-state index >= 15 is 0 Å². The van der Waals surface area contributed by atoms with E-state index in [1.807, 2.05) is 6.08 Å². The Morgan fingerprint density at radius 1 is 1.50 bits per heavy atom. The van der Waals surface area contributed by atoms with Crippen molar-refractivity contribution >= 4 is 0 Å². The van der Waals surface area contributed by atoms with Gasteiger partial charge in [-0.2, -0.15) is 0 Å². The zero-order chi connectivity index (χ0) is 7.82. The Morgan fingerprint density at radius 2 is 2.20 bits per heavy atom. The topological polar surface area (TPSA) is 0 Å². The zero-order valence-electron chi connectivity index (χ0n) is 7.14. The summed E-state index contributed by atoms with van der Waals surface area (Å²) in [6, 6.07) is 0. The van der Waals surface area contributed by atoms with Crippen molar-refractivity contribution in [2.75, 3.05) is 0 Å². The average Bonchev–Trinajstić information content (AvgIpc) is 1.89. The summed E-state index contributed by atoms with van der Waals surface area (Å²) in [6.07, 6.45) is 10.1. The molecule has 0 heteroatoms. The summed E-state index contributed by atoms with van der Waals surface area (Å²) in [5.41, 5.74) is 0. The van der Waals surface area contributed by atoms with Gasteiger partial charge >= 0.3 is 0 Å². The van der Waals surface area contributed by atoms with E-state index in [4.69, 9.17) is 0 Å². The van der Waals surface area contributed by atoms with E-state index in [1.54, 1.807) is 0 Å². The molecule has 0 spiro atoms. The molecule has 0 aliphatic rings. The molecule has 0 amide bonds. The third-order valence-electron chi connectivity index (χ3n) is 1.59. The molecule has 1 atom stereocenters. The van der Waals surface area contributed by atoms with Gasteiger partial charge in [-0.25, -0.2) is 0 Å². The first-order valence-corrected chi connectivity index (χ1v) is 4.05. The highest BCUT2D eigenvalue weighted by atomic mass is 14.0. The van der Waals surface area contributed by atoms with Crippen LogP contribution in [0.5, 0.6) is 0 Å². The van der Waals surface area contributed by atoms with E-state index in [9.17, 15) is 0 Å². The molecule has 0 aromatic rings. The van der Waals surface area contributed by atoms with Gasteiger partial charge in [0.05, 0.1) is 0 Å². The van der Waals surface area contributed by atoms with Crippen LogP contribution in [0.3, 0.4) is 0 Å². The van der Waals surface area contributed by atoms with Gasteiger partial charge in [-0.05, 0) is 32.1 Å². The summed E-state index contributed by atoms with van der Waals surface area (Å²) in [7, 11) is 0. The molecule has 1 unspecified atom stereocenters. The highest BCUT2D eigenvalue weighted by Crippen LogP contribution is 2.08. The molecule has 0 radical (unpaired) electrons. The molecule has 0 aromatic carbocycles. The van der Waals surface area contributed by atoms with Crippen LogP contribution in [-0.2, 0) is 0 Å². The van der Waals surface area contributed by atoms with E-state index < -0.39 is 0 Å². The van der Waals surface area contributed by atoms with Crippen LogP contribution in [0.1, 0.15) is 33.1 Å². The van der Waals surface area contributed by atoms with Gasteiger partial charge in [-0.3, -0.25) is 0 Å². The maximum absolute atomic E-state index is 3.69. The highest BCUT2D eigenvalue weighted by molar-refractivity contribution is 4.83. The minimum atomic E-state index is 0.741. The van der Waals surface area contributed by atoms with Crippen molar-refractivity contribution in [3.8, 4) is 0 Å². The van der Waals surface area contributed by atoms with Gasteiger partial charge in [0.2, 0.25) is 0 Å². The number of unbranched alkanes of at least 4 members (excludes halogenated alkanes) is 1. The number of rotatable bonds is 5. The summed E-state index contributed by atoms with van der Waals surface area (Å²) in [6.45, 7) is 8.01. The zero-order valence-corrected chi connectivity index (χ0v) is 7.14. The van der Waals surface area contributed by atoms with Crippen molar-refractivity contribution in [1.82, 2.24) is 0 Å². The predicted molar refractivity (Wildman–Crippen MR) is 48.0 cm³/mol. The lowest BCUT2D eigenvalue weighted by Crippen LogP contribution is -1.87. The number of hydrogen-bond donors (Lipinski definition) is 0. The van der Waals surface area contributed by atoms with Crippen LogP contribution in [0.2, 0.25) is 0 Å². The second-order valence-corrected chi connectivity index (χ2v) is 2.72. The highest BCUT2D eigenvalue weighted by Gasteiger charge is 1.93. The molecule has 0 aliphatic heterocycles. The van der Waals surface area contributed by atoms with Crippen LogP contribution in [0.25, 0.3) is 0 Å². The maximum atomic E-state index is 3.69. The van der Waals surface area contributed by atoms with Gasteiger partial charge in [0.15, 0.2) is 0 Å². The van der Waals surface area contributed by atoms with Crippen molar-refractivity contribution in [2.45, 2.75) is 33.1 Å². The Labute approximate surface area is 64.6 Å². The number of hydrogen-bond acceptors (Lipinski definition) is 0. The van der Waals surface area contributed by atoms with Crippen LogP contribution in [0.15, 0.2) is 24.8 Å². The van der Waals surface area contributed by atoms with Crippen LogP contribution in [-0.4, -0.2) is 0 Å². The van der Waals surface area contributed by atoms with E-state index in [-0.39, 0.29) is 0 Å². The minimum absolute atomic E-state index is 0.741. The molecule has 0 aromatic heterocycles. The summed E-state index contributed by atoms with van der Waals surface area (Å²) in [4.78, 5) is 0. The lowest BCUT2D eigenvalue weighted by atomic mass is 10.0. The lowest BCUT2D eigenvalue weighted by Gasteiger charge is -2.02. The Bertz CT molecular complexity index is 101. The quantitative estimate of drug-likeness (QED) is 0.402. The predicted octanol–water partition coefficient (Wildman–Crippen LogP) is 3.55. The fourth-order valence-corrected chi connectivity index (χ4v) is 1.01. The monoisotopic (exact) mass is 138 g/mol. The average molecular weight is 138 g/mol. The fourth-order valence-electron chi connectivity index (χ4n) is 1.01. The molecular weight excluding hydrogens is 120 g/mol. The van der Waals surface area contributed by atoms with E-state index in [1.165, 1.54) is 12.8 Å². The first kappa shape index (κ1) is 9.48. The molecule has 0 aliphatic carbocycles. The summed E-state index contributed by atoms with van der Waals surface area (Å²) in [5.74, 6) is 0.741. The van der Waals surface area contributed by atoms with Gasteiger partial charge in [0.1, 0.15) is 0 Å². The first-order chi connectivity index (χ1) is 4.81. The third kappa shape index (κ3) is 5.61. The third-order valence-corrected chi connectivity index (χ3v) is 1.59. The SMILES string of the molecule is C=CCCCC(C)/C=C\C. The second-order valence-electron chi connectivity index (χ2n) is 2.72. The molecule has 0 nitrogen and oxygen atoms in total. The molecule has 0 heterocycles. The second kappa shape index (κ2) is 6.60. The van der Waals surface area contributed by atoms with E-state index in [0.29, 0.717) is 0 Å². The lowest BCUT2D eigenvalue weighted by molar-refractivity contribution is 0.612. The molecule has 0 fully saturated rings. The molecule has 0 saturated heterocycles. The Kier molecular flexibility index (Phi) is 6.25. The van der Waals surface area contributed by atoms with Crippen molar-refractivity contribution in [3.63, 3.8) is 0 Å². The van der Waals surface area contributed by atoms with Gasteiger partial charge in [-0.15, -0.1) is 6.58 Å². The molecule has 10 heavy (non-hydrogen) atoms. The molecule has 58 valence electrons. The molecule has 0 rings (SSSR count). The van der Waals surface area contributed by atoms with Crippen LogP contribution < -0.4 is 0 Å². The van der Waals surface area contributed by atoms with Crippen molar-refractivity contribution in [1.29, 1.82) is 0 Å². The fraction of sp³-hybridized carbons (Fsp3) is 0.600. The van der Waals surface area contributed by atoms with Gasteiger partial charge in [0.25, 0.3) is 0 Å². The Morgan fingerprint density at radius 3 is 2.70 bits per heavy atom. The Hall–Kier alpha value is -0.520. The van der Waals surface area contributed by atoms with Crippen LogP contribution in [0.4, 0.5) is 0 Å². The van der Waals surface area contributed by atoms with E-state index in [0.717, 1.165) is 12.3 Å². The Balaban J connectivity index is 3.20. The summed E-state index contributed by atoms with van der Waals surface area (Å²) in [5, 5.41) is 0. The van der Waals surface area contributed by atoms with E-state index in [2.05, 4.69) is 32.6 Å². The van der Waals surface area contributed by atoms with Gasteiger partial charge < -0.3 is 0 Å². The van der Waals surface area contributed by atoms with Crippen molar-refractivity contribution < 1.29 is 0 Å². The van der Waals surface area contributed by atoms with Crippen LogP contribution in [0, 0.1) is 5.92 Å².